The Kier molecular flexibility index (Phi) is 6.60. The van der Waals surface area contributed by atoms with Gasteiger partial charge in [0.25, 0.3) is 0 Å². The number of nitrogens with one attached hydrogen (secondary N) is 1. The Hall–Kier alpha value is -3.45. The number of aromatic nitrogens is 1. The number of ether oxygens (including phenoxy) is 2. The molecule has 1 aliphatic heterocycles. The van der Waals surface area contributed by atoms with Gasteiger partial charge in [0, 0.05) is 25.7 Å². The molecule has 4 rings (SSSR count). The van der Waals surface area contributed by atoms with Gasteiger partial charge in [-0.25, -0.2) is 0 Å². The van der Waals surface area contributed by atoms with Crippen LogP contribution in [-0.2, 0) is 24.5 Å². The molecule has 1 saturated heterocycles. The highest BCUT2D eigenvalue weighted by Gasteiger charge is 2.43. The van der Waals surface area contributed by atoms with Crippen molar-refractivity contribution in [3.05, 3.63) is 59.8 Å². The molecule has 7 heteroatoms. The summed E-state index contributed by atoms with van der Waals surface area (Å²) in [5.74, 6) is 0.174. The molecule has 7 nitrogen and oxygen atoms in total. The average Bonchev–Trinajstić information content (AvgIpc) is 3.19. The van der Waals surface area contributed by atoms with Crippen molar-refractivity contribution in [3.63, 3.8) is 0 Å². The average molecular weight is 449 g/mol. The standard InChI is InChI=1S/C26H28N2O5/c1-4-32-25(30)26(13-15-31-16-14-26)22-11-9-20(10-12-22)19-5-7-21(8-6-19)24-23(27-18(3)29)17(2)28-33-24/h5-12H,4,13-16H2,1-3H3,(H,27,29). The van der Waals surface area contributed by atoms with Gasteiger partial charge in [0.05, 0.1) is 12.0 Å². The summed E-state index contributed by atoms with van der Waals surface area (Å²) in [5.41, 5.74) is 4.40. The Morgan fingerprint density at radius 2 is 1.58 bits per heavy atom. The van der Waals surface area contributed by atoms with Crippen molar-refractivity contribution in [2.24, 2.45) is 0 Å². The molecule has 0 radical (unpaired) electrons. The van der Waals surface area contributed by atoms with Crippen LogP contribution in [0.1, 0.15) is 37.9 Å². The zero-order chi connectivity index (χ0) is 23.4. The number of aryl methyl sites for hydroxylation is 1. The first-order valence-corrected chi connectivity index (χ1v) is 11.1. The quantitative estimate of drug-likeness (QED) is 0.540. The van der Waals surface area contributed by atoms with Crippen molar-refractivity contribution in [2.75, 3.05) is 25.1 Å². The molecule has 33 heavy (non-hydrogen) atoms. The number of benzene rings is 2. The van der Waals surface area contributed by atoms with Crippen LogP contribution in [0.4, 0.5) is 5.69 Å². The number of esters is 1. The van der Waals surface area contributed by atoms with Crippen molar-refractivity contribution < 1.29 is 23.6 Å². The van der Waals surface area contributed by atoms with Gasteiger partial charge < -0.3 is 19.3 Å². The summed E-state index contributed by atoms with van der Waals surface area (Å²) in [4.78, 5) is 24.3. The van der Waals surface area contributed by atoms with E-state index in [2.05, 4.69) is 10.5 Å². The summed E-state index contributed by atoms with van der Waals surface area (Å²) in [6.07, 6.45) is 1.24. The molecule has 2 aromatic carbocycles. The van der Waals surface area contributed by atoms with E-state index < -0.39 is 5.41 Å². The second-order valence-corrected chi connectivity index (χ2v) is 8.22. The molecular weight excluding hydrogens is 420 g/mol. The first-order valence-electron chi connectivity index (χ1n) is 11.1. The SMILES string of the molecule is CCOC(=O)C1(c2ccc(-c3ccc(-c4onc(C)c4NC(C)=O)cc3)cc2)CCOCC1. The molecule has 0 atom stereocenters. The molecule has 0 bridgehead atoms. The van der Waals surface area contributed by atoms with Crippen molar-refractivity contribution in [1.29, 1.82) is 0 Å². The highest BCUT2D eigenvalue weighted by atomic mass is 16.5. The molecule has 1 aliphatic rings. The third kappa shape index (κ3) is 4.54. The Balaban J connectivity index is 1.59. The van der Waals surface area contributed by atoms with Crippen molar-refractivity contribution in [2.45, 2.75) is 39.0 Å². The predicted octanol–water partition coefficient (Wildman–Crippen LogP) is 4.89. The number of hydrogen-bond donors (Lipinski definition) is 1. The summed E-state index contributed by atoms with van der Waals surface area (Å²) in [5, 5.41) is 6.76. The van der Waals surface area contributed by atoms with Gasteiger partial charge >= 0.3 is 5.97 Å². The molecule has 0 saturated carbocycles. The number of amides is 1. The smallest absolute Gasteiger partial charge is 0.316 e. The van der Waals surface area contributed by atoms with Gasteiger partial charge in [-0.3, -0.25) is 9.59 Å². The summed E-state index contributed by atoms with van der Waals surface area (Å²) in [6, 6.07) is 16.0. The summed E-state index contributed by atoms with van der Waals surface area (Å²) in [7, 11) is 0. The van der Waals surface area contributed by atoms with Crippen LogP contribution < -0.4 is 5.32 Å². The van der Waals surface area contributed by atoms with E-state index in [-0.39, 0.29) is 11.9 Å². The second-order valence-electron chi connectivity index (χ2n) is 8.22. The predicted molar refractivity (Wildman–Crippen MR) is 125 cm³/mol. The minimum atomic E-state index is -0.652. The number of carbonyl (C=O) groups is 2. The molecule has 1 aromatic heterocycles. The fourth-order valence-electron chi connectivity index (χ4n) is 4.29. The maximum Gasteiger partial charge on any atom is 0.316 e. The van der Waals surface area contributed by atoms with Crippen LogP contribution in [0.2, 0.25) is 0 Å². The molecule has 1 amide bonds. The van der Waals surface area contributed by atoms with Gasteiger partial charge in [-0.05, 0) is 43.4 Å². The Bertz CT molecular complexity index is 1130. The third-order valence-corrected chi connectivity index (χ3v) is 6.09. The zero-order valence-corrected chi connectivity index (χ0v) is 19.1. The maximum absolute atomic E-state index is 12.8. The third-order valence-electron chi connectivity index (χ3n) is 6.09. The Labute approximate surface area is 193 Å². The first-order chi connectivity index (χ1) is 15.9. The normalized spacial score (nSPS) is 15.1. The zero-order valence-electron chi connectivity index (χ0n) is 19.1. The van der Waals surface area contributed by atoms with Crippen LogP contribution in [0, 0.1) is 6.92 Å². The van der Waals surface area contributed by atoms with Crippen LogP contribution in [0.25, 0.3) is 22.5 Å². The second kappa shape index (κ2) is 9.58. The van der Waals surface area contributed by atoms with Gasteiger partial charge in [0.2, 0.25) is 5.91 Å². The topological polar surface area (TPSA) is 90.7 Å². The van der Waals surface area contributed by atoms with E-state index in [0.717, 1.165) is 22.3 Å². The van der Waals surface area contributed by atoms with E-state index >= 15 is 0 Å². The van der Waals surface area contributed by atoms with Crippen LogP contribution in [0.15, 0.2) is 53.1 Å². The van der Waals surface area contributed by atoms with E-state index in [1.807, 2.05) is 55.5 Å². The fraction of sp³-hybridized carbons (Fsp3) is 0.346. The maximum atomic E-state index is 12.8. The lowest BCUT2D eigenvalue weighted by atomic mass is 9.74. The molecular formula is C26H28N2O5. The Morgan fingerprint density at radius 1 is 1.00 bits per heavy atom. The summed E-state index contributed by atoms with van der Waals surface area (Å²) < 4.78 is 16.4. The first kappa shape index (κ1) is 22.7. The minimum Gasteiger partial charge on any atom is -0.465 e. The van der Waals surface area contributed by atoms with Gasteiger partial charge in [-0.2, -0.15) is 0 Å². The Morgan fingerprint density at radius 3 is 2.15 bits per heavy atom. The molecule has 172 valence electrons. The van der Waals surface area contributed by atoms with Crippen LogP contribution in [0.3, 0.4) is 0 Å². The van der Waals surface area contributed by atoms with Gasteiger partial charge in [0.1, 0.15) is 11.4 Å². The number of nitrogens with zero attached hydrogens (tertiary/aromatic N) is 1. The highest BCUT2D eigenvalue weighted by molar-refractivity contribution is 5.93. The fourth-order valence-corrected chi connectivity index (χ4v) is 4.29. The van der Waals surface area contributed by atoms with Crippen LogP contribution >= 0.6 is 0 Å². The van der Waals surface area contributed by atoms with Gasteiger partial charge in [-0.1, -0.05) is 53.7 Å². The summed E-state index contributed by atoms with van der Waals surface area (Å²) >= 11 is 0. The largest absolute Gasteiger partial charge is 0.465 e. The molecule has 3 aromatic rings. The number of anilines is 1. The summed E-state index contributed by atoms with van der Waals surface area (Å²) in [6.45, 7) is 6.52. The van der Waals surface area contributed by atoms with Gasteiger partial charge in [0.15, 0.2) is 5.76 Å². The van der Waals surface area contributed by atoms with Crippen molar-refractivity contribution in [1.82, 2.24) is 5.16 Å². The number of hydrogen-bond acceptors (Lipinski definition) is 6. The van der Waals surface area contributed by atoms with Crippen molar-refractivity contribution >= 4 is 17.6 Å². The monoisotopic (exact) mass is 448 g/mol. The minimum absolute atomic E-state index is 0.177. The number of carbonyl (C=O) groups excluding carboxylic acids is 2. The molecule has 0 unspecified atom stereocenters. The molecule has 0 spiro atoms. The lowest BCUT2D eigenvalue weighted by molar-refractivity contribution is -0.154. The van der Waals surface area contributed by atoms with E-state index in [1.165, 1.54) is 6.92 Å². The van der Waals surface area contributed by atoms with Crippen LogP contribution in [-0.4, -0.2) is 36.9 Å². The van der Waals surface area contributed by atoms with E-state index in [9.17, 15) is 9.59 Å². The van der Waals surface area contributed by atoms with E-state index in [0.29, 0.717) is 49.8 Å². The lowest BCUT2D eigenvalue weighted by Gasteiger charge is -2.35. The molecule has 2 heterocycles. The number of rotatable bonds is 6. The molecule has 0 aliphatic carbocycles. The van der Waals surface area contributed by atoms with Gasteiger partial charge in [-0.15, -0.1) is 0 Å². The van der Waals surface area contributed by atoms with Crippen LogP contribution in [0.5, 0.6) is 0 Å². The highest BCUT2D eigenvalue weighted by Crippen LogP contribution is 2.38. The van der Waals surface area contributed by atoms with Crippen molar-refractivity contribution in [3.8, 4) is 22.5 Å². The van der Waals surface area contributed by atoms with E-state index in [1.54, 1.807) is 6.92 Å². The molecule has 1 N–H and O–H groups in total. The lowest BCUT2D eigenvalue weighted by Crippen LogP contribution is -2.42. The molecule has 1 fully saturated rings. The van der Waals surface area contributed by atoms with E-state index in [4.69, 9.17) is 14.0 Å².